The first-order valence-electron chi connectivity index (χ1n) is 11.6. The lowest BCUT2D eigenvalue weighted by molar-refractivity contribution is -0.394. The van der Waals surface area contributed by atoms with Gasteiger partial charge < -0.3 is 20.8 Å². The van der Waals surface area contributed by atoms with Crippen molar-refractivity contribution in [2.24, 2.45) is 10.9 Å². The molecular formula is C24H24N6O8. The molecule has 3 amide bonds. The van der Waals surface area contributed by atoms with Gasteiger partial charge in [0.15, 0.2) is 5.60 Å². The number of likely N-dealkylation sites (tertiary alicyclic amines) is 1. The van der Waals surface area contributed by atoms with Crippen molar-refractivity contribution < 1.29 is 29.1 Å². The van der Waals surface area contributed by atoms with Crippen LogP contribution in [0.15, 0.2) is 41.6 Å². The van der Waals surface area contributed by atoms with Crippen LogP contribution in [0.3, 0.4) is 0 Å². The molecule has 0 radical (unpaired) electrons. The van der Waals surface area contributed by atoms with Gasteiger partial charge in [-0.2, -0.15) is 0 Å². The number of amides is 3. The Bertz CT molecular complexity index is 1410. The number of hydrogen-bond acceptors (Lipinski definition) is 9. The molecular weight excluding hydrogens is 500 g/mol. The van der Waals surface area contributed by atoms with Crippen LogP contribution < -0.4 is 11.1 Å². The predicted molar refractivity (Wildman–Crippen MR) is 133 cm³/mol. The first-order valence-corrected chi connectivity index (χ1v) is 11.6. The van der Waals surface area contributed by atoms with Gasteiger partial charge in [0.05, 0.1) is 33.7 Å². The molecule has 198 valence electrons. The first-order chi connectivity index (χ1) is 17.9. The number of carbonyl (C=O) groups excluding carboxylic acids is 3. The summed E-state index contributed by atoms with van der Waals surface area (Å²) in [5, 5.41) is 29.8. The third-order valence-corrected chi connectivity index (χ3v) is 6.63. The standard InChI is InChI=1S/C24H24N6O8/c1-3-21(31)26-15-6-4-5-14(7-15)18-10-24(38-27-18)11-20(22(25)32)28(12-24)23(33)17-8-16(29(34)35)9-19(13(17)2)30(36)37/h4-9,20H,3,10-12H2,1-2H3,(H2,25,32)(H,26,31)/t20-,24?/m0/s1. The number of benzene rings is 2. The monoisotopic (exact) mass is 524 g/mol. The van der Waals surface area contributed by atoms with Gasteiger partial charge in [-0.25, -0.2) is 0 Å². The number of rotatable bonds is 7. The fraction of sp³-hybridized carbons (Fsp3) is 0.333. The van der Waals surface area contributed by atoms with Crippen molar-refractivity contribution in [3.63, 3.8) is 0 Å². The van der Waals surface area contributed by atoms with E-state index in [-0.39, 0.29) is 36.4 Å². The Hall–Kier alpha value is -4.88. The summed E-state index contributed by atoms with van der Waals surface area (Å²) in [4.78, 5) is 65.7. The molecule has 2 aromatic carbocycles. The maximum Gasteiger partial charge on any atom is 0.279 e. The maximum absolute atomic E-state index is 13.5. The van der Waals surface area contributed by atoms with Gasteiger partial charge in [0.1, 0.15) is 6.04 Å². The first kappa shape index (κ1) is 26.2. The summed E-state index contributed by atoms with van der Waals surface area (Å²) >= 11 is 0. The van der Waals surface area contributed by atoms with Gasteiger partial charge in [0, 0.05) is 42.1 Å². The normalized spacial score (nSPS) is 20.1. The fourth-order valence-electron chi connectivity index (χ4n) is 4.67. The van der Waals surface area contributed by atoms with Gasteiger partial charge in [-0.1, -0.05) is 24.2 Å². The number of primary amides is 1. The van der Waals surface area contributed by atoms with Crippen LogP contribution in [0.5, 0.6) is 0 Å². The molecule has 2 aliphatic heterocycles. The second-order valence-corrected chi connectivity index (χ2v) is 9.18. The van der Waals surface area contributed by atoms with Crippen LogP contribution in [0.1, 0.15) is 47.7 Å². The van der Waals surface area contributed by atoms with Crippen molar-refractivity contribution in [3.05, 3.63) is 73.3 Å². The summed E-state index contributed by atoms with van der Waals surface area (Å²) in [6, 6.07) is 7.56. The Morgan fingerprint density at radius 2 is 1.95 bits per heavy atom. The molecule has 3 N–H and O–H groups in total. The van der Waals surface area contributed by atoms with E-state index in [4.69, 9.17) is 10.6 Å². The van der Waals surface area contributed by atoms with E-state index >= 15 is 0 Å². The van der Waals surface area contributed by atoms with E-state index in [9.17, 15) is 34.6 Å². The molecule has 0 aromatic heterocycles. The molecule has 14 nitrogen and oxygen atoms in total. The van der Waals surface area contributed by atoms with Crippen LogP contribution >= 0.6 is 0 Å². The number of nitro benzene ring substituents is 2. The fourth-order valence-corrected chi connectivity index (χ4v) is 4.67. The zero-order valence-electron chi connectivity index (χ0n) is 20.5. The third kappa shape index (κ3) is 4.87. The number of nitro groups is 2. The van der Waals surface area contributed by atoms with Gasteiger partial charge >= 0.3 is 0 Å². The molecule has 2 aromatic rings. The lowest BCUT2D eigenvalue weighted by Gasteiger charge is -2.23. The number of nitrogens with one attached hydrogen (secondary N) is 1. The smallest absolute Gasteiger partial charge is 0.279 e. The quantitative estimate of drug-likeness (QED) is 0.406. The number of anilines is 1. The van der Waals surface area contributed by atoms with E-state index in [1.54, 1.807) is 31.2 Å². The van der Waals surface area contributed by atoms with Crippen molar-refractivity contribution >= 4 is 40.5 Å². The summed E-state index contributed by atoms with van der Waals surface area (Å²) in [7, 11) is 0. The number of nitrogens with two attached hydrogens (primary N) is 1. The Morgan fingerprint density at radius 3 is 2.58 bits per heavy atom. The van der Waals surface area contributed by atoms with Crippen molar-refractivity contribution in [3.8, 4) is 0 Å². The number of non-ortho nitro benzene ring substituents is 1. The van der Waals surface area contributed by atoms with E-state index < -0.39 is 44.7 Å². The summed E-state index contributed by atoms with van der Waals surface area (Å²) in [5.41, 5.74) is 4.66. The van der Waals surface area contributed by atoms with Crippen molar-refractivity contribution in [2.75, 3.05) is 11.9 Å². The summed E-state index contributed by atoms with van der Waals surface area (Å²) in [5.74, 6) is -1.81. The van der Waals surface area contributed by atoms with Gasteiger partial charge in [0.25, 0.3) is 17.3 Å². The van der Waals surface area contributed by atoms with Crippen molar-refractivity contribution in [1.82, 2.24) is 4.90 Å². The van der Waals surface area contributed by atoms with Gasteiger partial charge in [0.2, 0.25) is 11.8 Å². The number of nitrogens with zero attached hydrogens (tertiary/aromatic N) is 4. The van der Waals surface area contributed by atoms with Crippen LogP contribution in [-0.2, 0) is 14.4 Å². The molecule has 1 fully saturated rings. The Balaban J connectivity index is 1.62. The molecule has 2 aliphatic rings. The third-order valence-electron chi connectivity index (χ3n) is 6.63. The molecule has 1 spiro atoms. The molecule has 38 heavy (non-hydrogen) atoms. The Kier molecular flexibility index (Phi) is 6.81. The molecule has 0 bridgehead atoms. The van der Waals surface area contributed by atoms with Crippen LogP contribution in [0.2, 0.25) is 0 Å². The Morgan fingerprint density at radius 1 is 1.21 bits per heavy atom. The van der Waals surface area contributed by atoms with Crippen molar-refractivity contribution in [2.45, 2.75) is 44.8 Å². The number of hydrogen-bond donors (Lipinski definition) is 2. The molecule has 4 rings (SSSR count). The summed E-state index contributed by atoms with van der Waals surface area (Å²) in [6.07, 6.45) is 0.520. The predicted octanol–water partition coefficient (Wildman–Crippen LogP) is 2.42. The number of oxime groups is 1. The minimum absolute atomic E-state index is 0.00338. The van der Waals surface area contributed by atoms with Crippen LogP contribution in [0.25, 0.3) is 0 Å². The number of carbonyl (C=O) groups is 3. The zero-order valence-corrected chi connectivity index (χ0v) is 20.5. The van der Waals surface area contributed by atoms with Crippen LogP contribution in [0.4, 0.5) is 17.1 Å². The highest BCUT2D eigenvalue weighted by Crippen LogP contribution is 2.40. The van der Waals surface area contributed by atoms with Gasteiger partial charge in [-0.15, -0.1) is 0 Å². The lowest BCUT2D eigenvalue weighted by Crippen LogP contribution is -2.44. The average molecular weight is 524 g/mol. The Labute approximate surface area is 215 Å². The van der Waals surface area contributed by atoms with E-state index in [0.29, 0.717) is 23.4 Å². The highest BCUT2D eigenvalue weighted by molar-refractivity contribution is 6.04. The lowest BCUT2D eigenvalue weighted by atomic mass is 9.91. The average Bonchev–Trinajstić information content (AvgIpc) is 3.47. The van der Waals surface area contributed by atoms with E-state index in [2.05, 4.69) is 10.5 Å². The van der Waals surface area contributed by atoms with Crippen molar-refractivity contribution in [1.29, 1.82) is 0 Å². The van der Waals surface area contributed by atoms with E-state index in [0.717, 1.165) is 17.0 Å². The zero-order chi connectivity index (χ0) is 27.8. The molecule has 0 aliphatic carbocycles. The highest BCUT2D eigenvalue weighted by atomic mass is 16.7. The summed E-state index contributed by atoms with van der Waals surface area (Å²) < 4.78 is 0. The molecule has 1 unspecified atom stereocenters. The van der Waals surface area contributed by atoms with E-state index in [1.165, 1.54) is 6.92 Å². The van der Waals surface area contributed by atoms with Gasteiger partial charge in [-0.3, -0.25) is 34.6 Å². The minimum Gasteiger partial charge on any atom is -0.387 e. The van der Waals surface area contributed by atoms with Crippen LogP contribution in [0, 0.1) is 27.2 Å². The molecule has 1 saturated heterocycles. The molecule has 14 heteroatoms. The molecule has 2 atom stereocenters. The highest BCUT2D eigenvalue weighted by Gasteiger charge is 2.53. The maximum atomic E-state index is 13.5. The van der Waals surface area contributed by atoms with E-state index in [1.807, 2.05) is 0 Å². The molecule has 0 saturated carbocycles. The summed E-state index contributed by atoms with van der Waals surface area (Å²) in [6.45, 7) is 2.90. The second-order valence-electron chi connectivity index (χ2n) is 9.18. The topological polar surface area (TPSA) is 200 Å². The molecule has 2 heterocycles. The SMILES string of the molecule is CCC(=O)Nc1cccc(C2=NOC3(C2)C[C@@H](C(N)=O)N(C(=O)c2cc([N+](=O)[O-])cc([N+](=O)[O-])c2C)C3)c1. The van der Waals surface area contributed by atoms with Crippen LogP contribution in [-0.4, -0.2) is 56.4 Å². The second kappa shape index (κ2) is 9.88. The van der Waals surface area contributed by atoms with Gasteiger partial charge in [-0.05, 0) is 19.1 Å². The minimum atomic E-state index is -1.13. The largest absolute Gasteiger partial charge is 0.387 e.